The van der Waals surface area contributed by atoms with Crippen molar-refractivity contribution in [2.75, 3.05) is 0 Å². The summed E-state index contributed by atoms with van der Waals surface area (Å²) in [7, 11) is 0. The molecule has 1 N–H and O–H groups in total. The van der Waals surface area contributed by atoms with Crippen LogP contribution in [-0.4, -0.2) is 11.9 Å². The van der Waals surface area contributed by atoms with Crippen molar-refractivity contribution >= 4 is 39.8 Å². The molecule has 2 nitrogen and oxygen atoms in total. The summed E-state index contributed by atoms with van der Waals surface area (Å²) < 4.78 is 1.15. The molecule has 0 saturated heterocycles. The Morgan fingerprint density at radius 1 is 1.33 bits per heavy atom. The highest BCUT2D eigenvalue weighted by molar-refractivity contribution is 14.1. The predicted octanol–water partition coefficient (Wildman–Crippen LogP) is 3.64. The van der Waals surface area contributed by atoms with E-state index in [1.807, 2.05) is 29.6 Å². The molecular formula is C14H12INOS. The van der Waals surface area contributed by atoms with Gasteiger partial charge in [0.05, 0.1) is 8.45 Å². The van der Waals surface area contributed by atoms with Gasteiger partial charge in [0.15, 0.2) is 0 Å². The average Bonchev–Trinajstić information content (AvgIpc) is 3.01. The first kappa shape index (κ1) is 12.2. The lowest BCUT2D eigenvalue weighted by Crippen LogP contribution is -2.26. The molecule has 0 aliphatic heterocycles. The normalized spacial score (nSPS) is 21.6. The molecule has 1 heterocycles. The molecule has 0 radical (unpaired) electrons. The van der Waals surface area contributed by atoms with Crippen LogP contribution in [0.2, 0.25) is 0 Å². The van der Waals surface area contributed by atoms with Crippen molar-refractivity contribution in [2.45, 2.75) is 18.4 Å². The van der Waals surface area contributed by atoms with Crippen molar-refractivity contribution < 1.29 is 4.79 Å². The maximum atomic E-state index is 12.0. The van der Waals surface area contributed by atoms with Crippen LogP contribution >= 0.6 is 33.9 Å². The molecule has 1 aromatic carbocycles. The standard InChI is InChI=1S/C14H12INOS/c15-13-6-10(8-18-13)14(17)16-12-7-11(12)9-4-2-1-3-5-9/h1-6,8,11-12H,7H2,(H,16,17). The summed E-state index contributed by atoms with van der Waals surface area (Å²) in [6, 6.07) is 12.6. The Morgan fingerprint density at radius 2 is 2.11 bits per heavy atom. The van der Waals surface area contributed by atoms with E-state index in [9.17, 15) is 4.79 Å². The first-order chi connectivity index (χ1) is 8.74. The van der Waals surface area contributed by atoms with Gasteiger partial charge < -0.3 is 5.32 Å². The number of hydrogen-bond acceptors (Lipinski definition) is 2. The number of hydrogen-bond donors (Lipinski definition) is 1. The van der Waals surface area contributed by atoms with Crippen LogP contribution in [0.15, 0.2) is 41.8 Å². The molecule has 3 rings (SSSR count). The van der Waals surface area contributed by atoms with E-state index in [1.165, 1.54) is 5.56 Å². The van der Waals surface area contributed by atoms with Gasteiger partial charge in [-0.2, -0.15) is 0 Å². The van der Waals surface area contributed by atoms with Gasteiger partial charge in [-0.25, -0.2) is 0 Å². The second-order valence-electron chi connectivity index (χ2n) is 4.47. The van der Waals surface area contributed by atoms with E-state index in [1.54, 1.807) is 11.3 Å². The van der Waals surface area contributed by atoms with Crippen LogP contribution in [0, 0.1) is 2.88 Å². The minimum absolute atomic E-state index is 0.0533. The van der Waals surface area contributed by atoms with Gasteiger partial charge in [-0.3, -0.25) is 4.79 Å². The van der Waals surface area contributed by atoms with Gasteiger partial charge >= 0.3 is 0 Å². The Bertz CT molecular complexity index is 566. The zero-order valence-corrected chi connectivity index (χ0v) is 12.6. The lowest BCUT2D eigenvalue weighted by molar-refractivity contribution is 0.0950. The van der Waals surface area contributed by atoms with Crippen LogP contribution in [0.3, 0.4) is 0 Å². The highest BCUT2D eigenvalue weighted by Crippen LogP contribution is 2.40. The number of carbonyl (C=O) groups is 1. The van der Waals surface area contributed by atoms with E-state index < -0.39 is 0 Å². The van der Waals surface area contributed by atoms with Crippen LogP contribution in [0.25, 0.3) is 0 Å². The predicted molar refractivity (Wildman–Crippen MR) is 82.1 cm³/mol. The lowest BCUT2D eigenvalue weighted by Gasteiger charge is -2.03. The third kappa shape index (κ3) is 2.59. The van der Waals surface area contributed by atoms with Gasteiger partial charge in [0, 0.05) is 17.3 Å². The van der Waals surface area contributed by atoms with Crippen LogP contribution in [0.5, 0.6) is 0 Å². The van der Waals surface area contributed by atoms with Gasteiger partial charge in [0.1, 0.15) is 0 Å². The van der Waals surface area contributed by atoms with Crippen LogP contribution < -0.4 is 5.32 Å². The van der Waals surface area contributed by atoms with Crippen molar-refractivity contribution in [1.29, 1.82) is 0 Å². The van der Waals surface area contributed by atoms with Gasteiger partial charge in [0.2, 0.25) is 0 Å². The van der Waals surface area contributed by atoms with Gasteiger partial charge in [0.25, 0.3) is 5.91 Å². The summed E-state index contributed by atoms with van der Waals surface area (Å²) >= 11 is 3.84. The molecule has 4 heteroatoms. The molecular weight excluding hydrogens is 357 g/mol. The quantitative estimate of drug-likeness (QED) is 0.823. The summed E-state index contributed by atoms with van der Waals surface area (Å²) in [6.45, 7) is 0. The average molecular weight is 369 g/mol. The summed E-state index contributed by atoms with van der Waals surface area (Å²) in [4.78, 5) is 12.0. The molecule has 1 saturated carbocycles. The van der Waals surface area contributed by atoms with Crippen molar-refractivity contribution in [1.82, 2.24) is 5.32 Å². The minimum atomic E-state index is 0.0533. The molecule has 1 aliphatic carbocycles. The fourth-order valence-corrected chi connectivity index (χ4v) is 3.43. The fourth-order valence-electron chi connectivity index (χ4n) is 2.10. The van der Waals surface area contributed by atoms with Gasteiger partial charge in [-0.1, -0.05) is 30.3 Å². The third-order valence-corrected chi connectivity index (χ3v) is 4.95. The molecule has 2 aromatic rings. The topological polar surface area (TPSA) is 29.1 Å². The Morgan fingerprint density at radius 3 is 2.78 bits per heavy atom. The minimum Gasteiger partial charge on any atom is -0.349 e. The SMILES string of the molecule is O=C(NC1CC1c1ccccc1)c1csc(I)c1. The molecule has 1 aromatic heterocycles. The van der Waals surface area contributed by atoms with E-state index >= 15 is 0 Å². The fraction of sp³-hybridized carbons (Fsp3) is 0.214. The number of halogens is 1. The molecule has 1 amide bonds. The number of amides is 1. The first-order valence-electron chi connectivity index (χ1n) is 5.84. The molecule has 0 spiro atoms. The maximum Gasteiger partial charge on any atom is 0.252 e. The number of nitrogens with one attached hydrogen (secondary N) is 1. The molecule has 18 heavy (non-hydrogen) atoms. The van der Waals surface area contributed by atoms with Crippen molar-refractivity contribution in [3.05, 3.63) is 55.8 Å². The monoisotopic (exact) mass is 369 g/mol. The maximum absolute atomic E-state index is 12.0. The van der Waals surface area contributed by atoms with E-state index in [0.717, 1.165) is 14.9 Å². The van der Waals surface area contributed by atoms with Crippen LogP contribution in [-0.2, 0) is 0 Å². The van der Waals surface area contributed by atoms with E-state index in [-0.39, 0.29) is 5.91 Å². The van der Waals surface area contributed by atoms with Crippen LogP contribution in [0.1, 0.15) is 28.3 Å². The first-order valence-corrected chi connectivity index (χ1v) is 7.80. The summed E-state index contributed by atoms with van der Waals surface area (Å²) in [6.07, 6.45) is 1.05. The molecule has 1 fully saturated rings. The number of carbonyl (C=O) groups excluding carboxylic acids is 1. The van der Waals surface area contributed by atoms with Crippen molar-refractivity contribution in [2.24, 2.45) is 0 Å². The van der Waals surface area contributed by atoms with E-state index in [0.29, 0.717) is 12.0 Å². The Kier molecular flexibility index (Phi) is 3.39. The lowest BCUT2D eigenvalue weighted by atomic mass is 10.1. The smallest absolute Gasteiger partial charge is 0.252 e. The summed E-state index contributed by atoms with van der Waals surface area (Å²) in [5, 5.41) is 5.01. The molecule has 2 atom stereocenters. The molecule has 1 aliphatic rings. The van der Waals surface area contributed by atoms with E-state index in [2.05, 4.69) is 40.0 Å². The number of rotatable bonds is 3. The zero-order chi connectivity index (χ0) is 12.5. The number of thiophene rings is 1. The second-order valence-corrected chi connectivity index (χ2v) is 7.28. The summed E-state index contributed by atoms with van der Waals surface area (Å²) in [5.41, 5.74) is 2.10. The van der Waals surface area contributed by atoms with Gasteiger partial charge in [-0.05, 0) is 40.6 Å². The second kappa shape index (κ2) is 5.01. The zero-order valence-electron chi connectivity index (χ0n) is 9.60. The largest absolute Gasteiger partial charge is 0.349 e. The van der Waals surface area contributed by atoms with Gasteiger partial charge in [-0.15, -0.1) is 11.3 Å². The highest BCUT2D eigenvalue weighted by atomic mass is 127. The Labute approximate surface area is 124 Å². The van der Waals surface area contributed by atoms with Crippen molar-refractivity contribution in [3.63, 3.8) is 0 Å². The third-order valence-electron chi connectivity index (χ3n) is 3.16. The molecule has 2 unspecified atom stereocenters. The Balaban J connectivity index is 1.62. The Hall–Kier alpha value is -0.880. The molecule has 92 valence electrons. The highest BCUT2D eigenvalue weighted by Gasteiger charge is 2.39. The summed E-state index contributed by atoms with van der Waals surface area (Å²) in [5.74, 6) is 0.547. The number of benzene rings is 1. The van der Waals surface area contributed by atoms with Crippen molar-refractivity contribution in [3.8, 4) is 0 Å². The van der Waals surface area contributed by atoms with Crippen LogP contribution in [0.4, 0.5) is 0 Å². The van der Waals surface area contributed by atoms with E-state index in [4.69, 9.17) is 0 Å². The molecule has 0 bridgehead atoms.